The first-order chi connectivity index (χ1) is 6.86. The van der Waals surface area contributed by atoms with E-state index in [0.717, 1.165) is 12.5 Å². The number of anilines is 1. The molecule has 78 valence electrons. The molecule has 0 saturated carbocycles. The summed E-state index contributed by atoms with van der Waals surface area (Å²) in [6.07, 6.45) is 3.88. The Morgan fingerprint density at radius 2 is 1.71 bits per heavy atom. The highest BCUT2D eigenvalue weighted by Crippen LogP contribution is 2.13. The van der Waals surface area contributed by atoms with Crippen LogP contribution < -0.4 is 5.32 Å². The van der Waals surface area contributed by atoms with Gasteiger partial charge < -0.3 is 5.32 Å². The quantitative estimate of drug-likeness (QED) is 0.718. The molecule has 0 radical (unpaired) electrons. The second-order valence-corrected chi connectivity index (χ2v) is 3.76. The topological polar surface area (TPSA) is 12.0 Å². The van der Waals surface area contributed by atoms with Crippen molar-refractivity contribution in [3.05, 3.63) is 30.3 Å². The number of nitrogens with one attached hydrogen (secondary N) is 1. The van der Waals surface area contributed by atoms with Gasteiger partial charge in [0.25, 0.3) is 0 Å². The van der Waals surface area contributed by atoms with Crippen molar-refractivity contribution in [1.82, 2.24) is 0 Å². The van der Waals surface area contributed by atoms with Gasteiger partial charge in [0.15, 0.2) is 0 Å². The Labute approximate surface area is 87.5 Å². The third-order valence-electron chi connectivity index (χ3n) is 2.81. The summed E-state index contributed by atoms with van der Waals surface area (Å²) >= 11 is 0. The Morgan fingerprint density at radius 3 is 2.29 bits per heavy atom. The Bertz CT molecular complexity index is 226. The van der Waals surface area contributed by atoms with Gasteiger partial charge in [0.1, 0.15) is 0 Å². The highest BCUT2D eigenvalue weighted by Gasteiger charge is 2.01. The van der Waals surface area contributed by atoms with Crippen LogP contribution in [-0.2, 0) is 0 Å². The smallest absolute Gasteiger partial charge is 0.0340 e. The van der Waals surface area contributed by atoms with E-state index in [-0.39, 0.29) is 0 Å². The summed E-state index contributed by atoms with van der Waals surface area (Å²) in [6, 6.07) is 10.4. The zero-order chi connectivity index (χ0) is 10.2. The molecule has 1 nitrogen and oxygen atoms in total. The van der Waals surface area contributed by atoms with Gasteiger partial charge in [-0.25, -0.2) is 0 Å². The highest BCUT2D eigenvalue weighted by atomic mass is 14.9. The third kappa shape index (κ3) is 3.82. The van der Waals surface area contributed by atoms with Crippen molar-refractivity contribution in [2.24, 2.45) is 5.92 Å². The SMILES string of the molecule is CCC(CC)CCNc1ccccc1. The first-order valence-corrected chi connectivity index (χ1v) is 5.65. The molecule has 0 aliphatic heterocycles. The summed E-state index contributed by atoms with van der Waals surface area (Å²) in [5, 5.41) is 3.44. The summed E-state index contributed by atoms with van der Waals surface area (Å²) in [7, 11) is 0. The van der Waals surface area contributed by atoms with E-state index in [1.54, 1.807) is 0 Å². The van der Waals surface area contributed by atoms with Gasteiger partial charge in [-0.3, -0.25) is 0 Å². The molecule has 1 rings (SSSR count). The number of rotatable bonds is 6. The molecule has 0 fully saturated rings. The van der Waals surface area contributed by atoms with Crippen LogP contribution in [0.15, 0.2) is 30.3 Å². The predicted octanol–water partition coefficient (Wildman–Crippen LogP) is 3.92. The molecule has 0 aromatic heterocycles. The third-order valence-corrected chi connectivity index (χ3v) is 2.81. The molecular formula is C13H21N. The first-order valence-electron chi connectivity index (χ1n) is 5.65. The van der Waals surface area contributed by atoms with Gasteiger partial charge in [-0.15, -0.1) is 0 Å². The van der Waals surface area contributed by atoms with Crippen molar-refractivity contribution in [3.8, 4) is 0 Å². The van der Waals surface area contributed by atoms with Crippen molar-refractivity contribution >= 4 is 5.69 Å². The van der Waals surface area contributed by atoms with Crippen LogP contribution in [0.5, 0.6) is 0 Å². The lowest BCUT2D eigenvalue weighted by molar-refractivity contribution is 0.468. The van der Waals surface area contributed by atoms with E-state index >= 15 is 0 Å². The first kappa shape index (κ1) is 11.1. The number of hydrogen-bond acceptors (Lipinski definition) is 1. The van der Waals surface area contributed by atoms with Gasteiger partial charge in [-0.05, 0) is 24.5 Å². The van der Waals surface area contributed by atoms with E-state index in [4.69, 9.17) is 0 Å². The minimum absolute atomic E-state index is 0.881. The van der Waals surface area contributed by atoms with Gasteiger partial charge >= 0.3 is 0 Å². The Morgan fingerprint density at radius 1 is 1.07 bits per heavy atom. The lowest BCUT2D eigenvalue weighted by Gasteiger charge is -2.12. The summed E-state index contributed by atoms with van der Waals surface area (Å²) in [5.74, 6) is 0.881. The van der Waals surface area contributed by atoms with Crippen LogP contribution in [0, 0.1) is 5.92 Å². The van der Waals surface area contributed by atoms with Gasteiger partial charge in [0.2, 0.25) is 0 Å². The maximum Gasteiger partial charge on any atom is 0.0340 e. The largest absolute Gasteiger partial charge is 0.385 e. The van der Waals surface area contributed by atoms with Crippen LogP contribution >= 0.6 is 0 Å². The van der Waals surface area contributed by atoms with Gasteiger partial charge in [-0.1, -0.05) is 44.9 Å². The molecular weight excluding hydrogens is 170 g/mol. The molecule has 1 aromatic carbocycles. The van der Waals surface area contributed by atoms with Crippen LogP contribution in [0.3, 0.4) is 0 Å². The van der Waals surface area contributed by atoms with Crippen LogP contribution in [0.2, 0.25) is 0 Å². The molecule has 0 saturated heterocycles. The number of benzene rings is 1. The van der Waals surface area contributed by atoms with Crippen LogP contribution in [0.1, 0.15) is 33.1 Å². The lowest BCUT2D eigenvalue weighted by atomic mass is 10.00. The molecule has 0 aliphatic carbocycles. The second kappa shape index (κ2) is 6.47. The van der Waals surface area contributed by atoms with E-state index in [2.05, 4.69) is 43.4 Å². The molecule has 0 aliphatic rings. The van der Waals surface area contributed by atoms with Gasteiger partial charge in [0, 0.05) is 12.2 Å². The maximum absolute atomic E-state index is 3.44. The fourth-order valence-corrected chi connectivity index (χ4v) is 1.67. The normalized spacial score (nSPS) is 10.5. The van der Waals surface area contributed by atoms with E-state index < -0.39 is 0 Å². The van der Waals surface area contributed by atoms with E-state index in [1.165, 1.54) is 24.9 Å². The average molecular weight is 191 g/mol. The predicted molar refractivity (Wildman–Crippen MR) is 63.6 cm³/mol. The van der Waals surface area contributed by atoms with Gasteiger partial charge in [0.05, 0.1) is 0 Å². The monoisotopic (exact) mass is 191 g/mol. The Hall–Kier alpha value is -0.980. The lowest BCUT2D eigenvalue weighted by Crippen LogP contribution is -2.07. The van der Waals surface area contributed by atoms with Gasteiger partial charge in [-0.2, -0.15) is 0 Å². The van der Waals surface area contributed by atoms with E-state index in [0.29, 0.717) is 0 Å². The molecule has 1 aromatic rings. The summed E-state index contributed by atoms with van der Waals surface area (Å²) in [4.78, 5) is 0. The average Bonchev–Trinajstić information content (AvgIpc) is 2.26. The molecule has 14 heavy (non-hydrogen) atoms. The Kier molecular flexibility index (Phi) is 5.13. The summed E-state index contributed by atoms with van der Waals surface area (Å²) < 4.78 is 0. The van der Waals surface area contributed by atoms with Crippen molar-refractivity contribution in [2.75, 3.05) is 11.9 Å². The van der Waals surface area contributed by atoms with E-state index in [9.17, 15) is 0 Å². The number of para-hydroxylation sites is 1. The fourth-order valence-electron chi connectivity index (χ4n) is 1.67. The second-order valence-electron chi connectivity index (χ2n) is 3.76. The summed E-state index contributed by atoms with van der Waals surface area (Å²) in [5.41, 5.74) is 1.23. The standard InChI is InChI=1S/C13H21N/c1-3-12(4-2)10-11-14-13-8-6-5-7-9-13/h5-9,12,14H,3-4,10-11H2,1-2H3. The van der Waals surface area contributed by atoms with Crippen LogP contribution in [0.4, 0.5) is 5.69 Å². The molecule has 1 heteroatoms. The van der Waals surface area contributed by atoms with Crippen LogP contribution in [-0.4, -0.2) is 6.54 Å². The summed E-state index contributed by atoms with van der Waals surface area (Å²) in [6.45, 7) is 5.64. The maximum atomic E-state index is 3.44. The molecule has 0 unspecified atom stereocenters. The molecule has 0 heterocycles. The van der Waals surface area contributed by atoms with Crippen LogP contribution in [0.25, 0.3) is 0 Å². The van der Waals surface area contributed by atoms with Crippen molar-refractivity contribution in [3.63, 3.8) is 0 Å². The Balaban J connectivity index is 2.21. The van der Waals surface area contributed by atoms with Crippen molar-refractivity contribution in [1.29, 1.82) is 0 Å². The fraction of sp³-hybridized carbons (Fsp3) is 0.538. The highest BCUT2D eigenvalue weighted by molar-refractivity contribution is 5.42. The molecule has 1 N–H and O–H groups in total. The molecule has 0 spiro atoms. The molecule has 0 bridgehead atoms. The number of hydrogen-bond donors (Lipinski definition) is 1. The van der Waals surface area contributed by atoms with Crippen molar-refractivity contribution in [2.45, 2.75) is 33.1 Å². The minimum atomic E-state index is 0.881. The molecule has 0 atom stereocenters. The molecule has 0 amide bonds. The zero-order valence-electron chi connectivity index (χ0n) is 9.29. The van der Waals surface area contributed by atoms with E-state index in [1.807, 2.05) is 6.07 Å². The minimum Gasteiger partial charge on any atom is -0.385 e. The zero-order valence-corrected chi connectivity index (χ0v) is 9.29. The van der Waals surface area contributed by atoms with Crippen molar-refractivity contribution < 1.29 is 0 Å².